The first-order valence-corrected chi connectivity index (χ1v) is 3.70. The van der Waals surface area contributed by atoms with Gasteiger partial charge in [-0.25, -0.2) is 0 Å². The predicted molar refractivity (Wildman–Crippen MR) is 37.1 cm³/mol. The van der Waals surface area contributed by atoms with Crippen LogP contribution in [0.1, 0.15) is 0 Å². The lowest BCUT2D eigenvalue weighted by Crippen LogP contribution is -2.40. The molecule has 50 valence electrons. The van der Waals surface area contributed by atoms with Crippen molar-refractivity contribution in [3.8, 4) is 0 Å². The molecule has 1 rings (SSSR count). The van der Waals surface area contributed by atoms with Gasteiger partial charge in [0.2, 0.25) is 5.91 Å². The molecule has 4 nitrogen and oxygen atoms in total. The molecule has 1 aliphatic rings. The molecule has 0 saturated carbocycles. The number of hydrogen-bond acceptors (Lipinski definition) is 4. The van der Waals surface area contributed by atoms with Crippen LogP contribution >= 0.6 is 11.8 Å². The Balaban J connectivity index is 2.53. The van der Waals surface area contributed by atoms with Crippen LogP contribution in [0.15, 0.2) is 5.10 Å². The van der Waals surface area contributed by atoms with Gasteiger partial charge >= 0.3 is 0 Å². The molecule has 0 saturated heterocycles. The van der Waals surface area contributed by atoms with Crippen LogP contribution in [0, 0.1) is 0 Å². The number of hydrogen-bond donors (Lipinski definition) is 2. The minimum atomic E-state index is -0.0330. The van der Waals surface area contributed by atoms with Gasteiger partial charge in [0.15, 0.2) is 5.17 Å². The average Bonchev–Trinajstić information content (AvgIpc) is 1.88. The second kappa shape index (κ2) is 2.72. The highest BCUT2D eigenvalue weighted by Gasteiger charge is 2.08. The van der Waals surface area contributed by atoms with Crippen LogP contribution in [0.4, 0.5) is 0 Å². The fourth-order valence-electron chi connectivity index (χ4n) is 0.471. The van der Waals surface area contributed by atoms with Crippen LogP contribution in [-0.2, 0) is 4.79 Å². The average molecular weight is 145 g/mol. The molecule has 1 amide bonds. The van der Waals surface area contributed by atoms with Crippen LogP contribution in [0.5, 0.6) is 0 Å². The summed E-state index contributed by atoms with van der Waals surface area (Å²) in [5.41, 5.74) is 2.59. The van der Waals surface area contributed by atoms with E-state index in [1.807, 2.05) is 6.26 Å². The van der Waals surface area contributed by atoms with Gasteiger partial charge in [0.1, 0.15) is 6.54 Å². The maximum absolute atomic E-state index is 10.6. The number of hydrazone groups is 1. The third kappa shape index (κ3) is 1.60. The normalized spacial score (nSPS) is 17.9. The molecule has 1 aliphatic heterocycles. The lowest BCUT2D eigenvalue weighted by Gasteiger charge is -2.10. The molecule has 5 heteroatoms. The monoisotopic (exact) mass is 145 g/mol. The van der Waals surface area contributed by atoms with E-state index < -0.39 is 0 Å². The number of carbonyl (C=O) groups excluding carboxylic acids is 1. The minimum absolute atomic E-state index is 0.0330. The van der Waals surface area contributed by atoms with Crippen molar-refractivity contribution in [3.63, 3.8) is 0 Å². The SMILES string of the molecule is CSC1=NNCC(=O)N1. The zero-order valence-corrected chi connectivity index (χ0v) is 5.79. The van der Waals surface area contributed by atoms with Crippen LogP contribution in [-0.4, -0.2) is 23.9 Å². The van der Waals surface area contributed by atoms with E-state index in [9.17, 15) is 4.79 Å². The van der Waals surface area contributed by atoms with Gasteiger partial charge in [0.05, 0.1) is 0 Å². The number of carbonyl (C=O) groups is 1. The Kier molecular flexibility index (Phi) is 1.94. The summed E-state index contributed by atoms with van der Waals surface area (Å²) in [7, 11) is 0. The Morgan fingerprint density at radius 2 is 2.56 bits per heavy atom. The van der Waals surface area contributed by atoms with Crippen molar-refractivity contribution in [2.24, 2.45) is 5.10 Å². The van der Waals surface area contributed by atoms with Gasteiger partial charge in [-0.2, -0.15) is 5.10 Å². The molecule has 0 aliphatic carbocycles. The maximum atomic E-state index is 10.6. The van der Waals surface area contributed by atoms with E-state index in [0.717, 1.165) is 0 Å². The van der Waals surface area contributed by atoms with Crippen LogP contribution in [0.3, 0.4) is 0 Å². The smallest absolute Gasteiger partial charge is 0.246 e. The Morgan fingerprint density at radius 3 is 3.00 bits per heavy atom. The molecule has 2 N–H and O–H groups in total. The third-order valence-corrected chi connectivity index (χ3v) is 1.44. The summed E-state index contributed by atoms with van der Waals surface area (Å²) in [5.74, 6) is -0.0330. The highest BCUT2D eigenvalue weighted by Crippen LogP contribution is 1.94. The summed E-state index contributed by atoms with van der Waals surface area (Å²) in [6.45, 7) is 0.282. The molecule has 1 heterocycles. The van der Waals surface area contributed by atoms with E-state index in [-0.39, 0.29) is 12.5 Å². The number of thioether (sulfide) groups is 1. The van der Waals surface area contributed by atoms with Crippen molar-refractivity contribution >= 4 is 22.8 Å². The molecule has 0 unspecified atom stereocenters. The van der Waals surface area contributed by atoms with E-state index >= 15 is 0 Å². The Hall–Kier alpha value is -0.710. The Bertz CT molecular complexity index is 156. The van der Waals surface area contributed by atoms with Crippen LogP contribution in [0.25, 0.3) is 0 Å². The van der Waals surface area contributed by atoms with Gasteiger partial charge < -0.3 is 5.32 Å². The third-order valence-electron chi connectivity index (χ3n) is 0.860. The van der Waals surface area contributed by atoms with E-state index in [4.69, 9.17) is 0 Å². The summed E-state index contributed by atoms with van der Waals surface area (Å²) in [4.78, 5) is 10.6. The largest absolute Gasteiger partial charge is 0.302 e. The summed E-state index contributed by atoms with van der Waals surface area (Å²) >= 11 is 1.41. The fraction of sp³-hybridized carbons (Fsp3) is 0.500. The van der Waals surface area contributed by atoms with Gasteiger partial charge in [-0.05, 0) is 6.26 Å². The van der Waals surface area contributed by atoms with Gasteiger partial charge in [0, 0.05) is 0 Å². The second-order valence-corrected chi connectivity index (χ2v) is 2.30. The van der Waals surface area contributed by atoms with E-state index in [1.54, 1.807) is 0 Å². The first-order chi connectivity index (χ1) is 4.33. The molecule has 0 bridgehead atoms. The topological polar surface area (TPSA) is 53.5 Å². The predicted octanol–water partition coefficient (Wildman–Crippen LogP) is -0.660. The number of amidine groups is 1. The van der Waals surface area contributed by atoms with E-state index in [2.05, 4.69) is 15.8 Å². The fourth-order valence-corrected chi connectivity index (χ4v) is 0.843. The number of amides is 1. The quantitative estimate of drug-likeness (QED) is 0.476. The summed E-state index contributed by atoms with van der Waals surface area (Å²) in [5, 5.41) is 7.00. The van der Waals surface area contributed by atoms with Crippen molar-refractivity contribution < 1.29 is 4.79 Å². The zero-order chi connectivity index (χ0) is 6.69. The first-order valence-electron chi connectivity index (χ1n) is 2.47. The molecule has 9 heavy (non-hydrogen) atoms. The van der Waals surface area contributed by atoms with E-state index in [1.165, 1.54) is 11.8 Å². The van der Waals surface area contributed by atoms with Crippen LogP contribution < -0.4 is 10.7 Å². The molecule has 0 spiro atoms. The molecule has 0 radical (unpaired) electrons. The molecule has 0 atom stereocenters. The molecular formula is C4H7N3OS. The van der Waals surface area contributed by atoms with E-state index in [0.29, 0.717) is 5.17 Å². The molecule has 0 aromatic rings. The summed E-state index contributed by atoms with van der Waals surface area (Å²) in [6.07, 6.45) is 1.85. The molecule has 0 aromatic heterocycles. The lowest BCUT2D eigenvalue weighted by atomic mass is 10.6. The van der Waals surface area contributed by atoms with Gasteiger partial charge in [-0.1, -0.05) is 11.8 Å². The Labute approximate surface area is 57.1 Å². The van der Waals surface area contributed by atoms with Crippen molar-refractivity contribution in [2.75, 3.05) is 12.8 Å². The summed E-state index contributed by atoms with van der Waals surface area (Å²) in [6, 6.07) is 0. The standard InChI is InChI=1S/C4H7N3OS/c1-9-4-6-3(8)2-5-7-4/h5H,2H2,1H3,(H,6,7,8). The zero-order valence-electron chi connectivity index (χ0n) is 4.97. The van der Waals surface area contributed by atoms with Crippen molar-refractivity contribution in [1.29, 1.82) is 0 Å². The van der Waals surface area contributed by atoms with Crippen molar-refractivity contribution in [3.05, 3.63) is 0 Å². The van der Waals surface area contributed by atoms with Crippen molar-refractivity contribution in [2.45, 2.75) is 0 Å². The first kappa shape index (κ1) is 6.41. The Morgan fingerprint density at radius 1 is 1.78 bits per heavy atom. The highest BCUT2D eigenvalue weighted by molar-refractivity contribution is 8.13. The number of rotatable bonds is 0. The molecule has 0 fully saturated rings. The van der Waals surface area contributed by atoms with Crippen LogP contribution in [0.2, 0.25) is 0 Å². The second-order valence-electron chi connectivity index (χ2n) is 1.50. The lowest BCUT2D eigenvalue weighted by molar-refractivity contribution is -0.119. The van der Waals surface area contributed by atoms with Gasteiger partial charge in [-0.15, -0.1) is 0 Å². The highest BCUT2D eigenvalue weighted by atomic mass is 32.2. The number of nitrogens with one attached hydrogen (secondary N) is 2. The summed E-state index contributed by atoms with van der Waals surface area (Å²) < 4.78 is 0. The number of nitrogens with zero attached hydrogens (tertiary/aromatic N) is 1. The maximum Gasteiger partial charge on any atom is 0.246 e. The van der Waals surface area contributed by atoms with Crippen molar-refractivity contribution in [1.82, 2.24) is 10.7 Å². The van der Waals surface area contributed by atoms with Gasteiger partial charge in [-0.3, -0.25) is 10.2 Å². The molecular weight excluding hydrogens is 138 g/mol. The molecule has 0 aromatic carbocycles. The van der Waals surface area contributed by atoms with Gasteiger partial charge in [0.25, 0.3) is 0 Å². The minimum Gasteiger partial charge on any atom is -0.302 e.